The van der Waals surface area contributed by atoms with E-state index in [-0.39, 0.29) is 11.3 Å². The summed E-state index contributed by atoms with van der Waals surface area (Å²) in [4.78, 5) is 12.3. The normalized spacial score (nSPS) is 27.5. The Balaban J connectivity index is 2.27. The zero-order chi connectivity index (χ0) is 11.5. The summed E-state index contributed by atoms with van der Waals surface area (Å²) in [5.74, 6) is 0.209. The molecule has 1 aliphatic carbocycles. The first-order valence-electron chi connectivity index (χ1n) is 5.80. The monoisotopic (exact) mass is 275 g/mol. The van der Waals surface area contributed by atoms with Gasteiger partial charge in [0.15, 0.2) is 0 Å². The standard InChI is InChI=1S/C12H22BrNO/c1-12(2,3)8-11(15)14-10-6-4-9(13)5-7-10/h9-10H,4-8H2,1-3H3,(H,14,15). The number of nitrogens with one attached hydrogen (secondary N) is 1. The number of carbonyl (C=O) groups excluding carboxylic acids is 1. The highest BCUT2D eigenvalue weighted by atomic mass is 79.9. The van der Waals surface area contributed by atoms with E-state index < -0.39 is 0 Å². The van der Waals surface area contributed by atoms with Crippen molar-refractivity contribution in [2.45, 2.75) is 63.7 Å². The van der Waals surface area contributed by atoms with Gasteiger partial charge in [0.25, 0.3) is 0 Å². The Labute approximate surface area is 101 Å². The van der Waals surface area contributed by atoms with Gasteiger partial charge in [0.05, 0.1) is 0 Å². The van der Waals surface area contributed by atoms with Gasteiger partial charge in [-0.2, -0.15) is 0 Å². The summed E-state index contributed by atoms with van der Waals surface area (Å²) in [6, 6.07) is 0.411. The quantitative estimate of drug-likeness (QED) is 0.771. The Hall–Kier alpha value is -0.0500. The van der Waals surface area contributed by atoms with Gasteiger partial charge in [-0.3, -0.25) is 4.79 Å². The molecule has 0 aromatic rings. The van der Waals surface area contributed by atoms with Gasteiger partial charge in [0.2, 0.25) is 5.91 Å². The van der Waals surface area contributed by atoms with Gasteiger partial charge in [-0.1, -0.05) is 36.7 Å². The maximum atomic E-state index is 11.7. The molecule has 0 unspecified atom stereocenters. The van der Waals surface area contributed by atoms with E-state index in [4.69, 9.17) is 0 Å². The van der Waals surface area contributed by atoms with Gasteiger partial charge in [-0.05, 0) is 31.1 Å². The number of halogens is 1. The lowest BCUT2D eigenvalue weighted by Crippen LogP contribution is -2.39. The number of alkyl halides is 1. The molecule has 88 valence electrons. The third-order valence-electron chi connectivity index (χ3n) is 2.71. The Morgan fingerprint density at radius 2 is 1.80 bits per heavy atom. The summed E-state index contributed by atoms with van der Waals surface area (Å²) >= 11 is 3.62. The van der Waals surface area contributed by atoms with Crippen molar-refractivity contribution >= 4 is 21.8 Å². The summed E-state index contributed by atoms with van der Waals surface area (Å²) in [6.45, 7) is 6.30. The molecule has 1 saturated carbocycles. The fourth-order valence-electron chi connectivity index (χ4n) is 1.96. The summed E-state index contributed by atoms with van der Waals surface area (Å²) in [6.07, 6.45) is 5.22. The predicted octanol–water partition coefficient (Wildman–Crippen LogP) is 3.24. The van der Waals surface area contributed by atoms with Crippen molar-refractivity contribution in [2.24, 2.45) is 5.41 Å². The first-order valence-corrected chi connectivity index (χ1v) is 6.72. The van der Waals surface area contributed by atoms with Crippen molar-refractivity contribution in [1.82, 2.24) is 5.32 Å². The largest absolute Gasteiger partial charge is 0.353 e. The Kier molecular flexibility index (Phi) is 4.63. The van der Waals surface area contributed by atoms with Crippen LogP contribution in [0.5, 0.6) is 0 Å². The number of amides is 1. The van der Waals surface area contributed by atoms with Crippen LogP contribution in [-0.2, 0) is 4.79 Å². The molecule has 1 N–H and O–H groups in total. The van der Waals surface area contributed by atoms with Crippen molar-refractivity contribution < 1.29 is 4.79 Å². The highest BCUT2D eigenvalue weighted by molar-refractivity contribution is 9.09. The van der Waals surface area contributed by atoms with Gasteiger partial charge >= 0.3 is 0 Å². The number of hydrogen-bond donors (Lipinski definition) is 1. The van der Waals surface area contributed by atoms with Crippen molar-refractivity contribution in [2.75, 3.05) is 0 Å². The molecule has 1 aliphatic rings. The SMILES string of the molecule is CC(C)(C)CC(=O)NC1CCC(Br)CC1. The van der Waals surface area contributed by atoms with Crippen LogP contribution in [-0.4, -0.2) is 16.8 Å². The first-order chi connectivity index (χ1) is 6.87. The van der Waals surface area contributed by atoms with E-state index in [1.54, 1.807) is 0 Å². The Morgan fingerprint density at radius 1 is 1.27 bits per heavy atom. The van der Waals surface area contributed by atoms with Crippen molar-refractivity contribution in [3.63, 3.8) is 0 Å². The molecule has 0 aromatic heterocycles. The van der Waals surface area contributed by atoms with Gasteiger partial charge in [0.1, 0.15) is 0 Å². The smallest absolute Gasteiger partial charge is 0.220 e. The molecule has 2 nitrogen and oxygen atoms in total. The molecule has 0 aromatic carbocycles. The lowest BCUT2D eigenvalue weighted by atomic mass is 9.90. The topological polar surface area (TPSA) is 29.1 Å². The minimum atomic E-state index is 0.0940. The van der Waals surface area contributed by atoms with Crippen LogP contribution < -0.4 is 5.32 Å². The summed E-state index contributed by atoms with van der Waals surface area (Å²) in [5.41, 5.74) is 0.0940. The minimum Gasteiger partial charge on any atom is -0.353 e. The molecule has 0 heterocycles. The molecule has 0 bridgehead atoms. The van der Waals surface area contributed by atoms with Gasteiger partial charge in [-0.25, -0.2) is 0 Å². The van der Waals surface area contributed by atoms with Crippen molar-refractivity contribution in [3.8, 4) is 0 Å². The lowest BCUT2D eigenvalue weighted by molar-refractivity contribution is -0.123. The van der Waals surface area contributed by atoms with Crippen LogP contribution in [0.15, 0.2) is 0 Å². The highest BCUT2D eigenvalue weighted by Gasteiger charge is 2.22. The molecule has 15 heavy (non-hydrogen) atoms. The average molecular weight is 276 g/mol. The molecule has 0 aliphatic heterocycles. The zero-order valence-corrected chi connectivity index (χ0v) is 11.6. The van der Waals surface area contributed by atoms with E-state index in [0.717, 1.165) is 12.8 Å². The molecular formula is C12H22BrNO. The summed E-state index contributed by atoms with van der Waals surface area (Å²) in [5, 5.41) is 3.14. The van der Waals surface area contributed by atoms with Gasteiger partial charge in [-0.15, -0.1) is 0 Å². The minimum absolute atomic E-state index is 0.0940. The number of rotatable bonds is 2. The third kappa shape index (κ3) is 5.55. The predicted molar refractivity (Wildman–Crippen MR) is 67.2 cm³/mol. The van der Waals surface area contributed by atoms with Crippen LogP contribution >= 0.6 is 15.9 Å². The van der Waals surface area contributed by atoms with Crippen LogP contribution in [0.4, 0.5) is 0 Å². The number of hydrogen-bond acceptors (Lipinski definition) is 1. The fraction of sp³-hybridized carbons (Fsp3) is 0.917. The maximum Gasteiger partial charge on any atom is 0.220 e. The lowest BCUT2D eigenvalue weighted by Gasteiger charge is -2.27. The fourth-order valence-corrected chi connectivity index (χ4v) is 2.49. The second-order valence-electron chi connectivity index (χ2n) is 5.75. The number of carbonyl (C=O) groups is 1. The van der Waals surface area contributed by atoms with Gasteiger partial charge < -0.3 is 5.32 Å². The van der Waals surface area contributed by atoms with Crippen LogP contribution in [0.3, 0.4) is 0 Å². The van der Waals surface area contributed by atoms with Crippen molar-refractivity contribution in [3.05, 3.63) is 0 Å². The maximum absolute atomic E-state index is 11.7. The van der Waals surface area contributed by atoms with E-state index in [9.17, 15) is 4.79 Å². The molecule has 0 saturated heterocycles. The first kappa shape index (κ1) is 13.0. The van der Waals surface area contributed by atoms with Crippen LogP contribution in [0.25, 0.3) is 0 Å². The van der Waals surface area contributed by atoms with E-state index in [1.807, 2.05) is 0 Å². The molecule has 3 heteroatoms. The van der Waals surface area contributed by atoms with E-state index in [2.05, 4.69) is 42.0 Å². The molecule has 0 radical (unpaired) electrons. The second-order valence-corrected chi connectivity index (χ2v) is 7.05. The molecular weight excluding hydrogens is 254 g/mol. The average Bonchev–Trinajstić information content (AvgIpc) is 2.05. The van der Waals surface area contributed by atoms with E-state index >= 15 is 0 Å². The van der Waals surface area contributed by atoms with Crippen LogP contribution in [0.2, 0.25) is 0 Å². The van der Waals surface area contributed by atoms with E-state index in [1.165, 1.54) is 12.8 Å². The zero-order valence-electron chi connectivity index (χ0n) is 9.98. The van der Waals surface area contributed by atoms with Crippen LogP contribution in [0, 0.1) is 5.41 Å². The molecule has 1 amide bonds. The van der Waals surface area contributed by atoms with Gasteiger partial charge in [0, 0.05) is 17.3 Å². The molecule has 0 spiro atoms. The molecule has 1 fully saturated rings. The summed E-state index contributed by atoms with van der Waals surface area (Å²) < 4.78 is 0. The second kappa shape index (κ2) is 5.33. The highest BCUT2D eigenvalue weighted by Crippen LogP contribution is 2.25. The summed E-state index contributed by atoms with van der Waals surface area (Å²) in [7, 11) is 0. The molecule has 1 rings (SSSR count). The molecule has 0 atom stereocenters. The van der Waals surface area contributed by atoms with E-state index in [0.29, 0.717) is 17.3 Å². The van der Waals surface area contributed by atoms with Crippen molar-refractivity contribution in [1.29, 1.82) is 0 Å². The Morgan fingerprint density at radius 3 is 2.27 bits per heavy atom. The van der Waals surface area contributed by atoms with Crippen LogP contribution in [0.1, 0.15) is 52.9 Å². The third-order valence-corrected chi connectivity index (χ3v) is 3.63. The Bertz CT molecular complexity index is 214.